The number of aromatic nitrogens is 2. The summed E-state index contributed by atoms with van der Waals surface area (Å²) in [5.74, 6) is 1.66. The number of benzene rings is 1. The Morgan fingerprint density at radius 1 is 1.17 bits per heavy atom. The fraction of sp³-hybridized carbons (Fsp3) is 0.286. The maximum absolute atomic E-state index is 4.57. The molecule has 0 atom stereocenters. The molecule has 0 saturated carbocycles. The highest BCUT2D eigenvalue weighted by molar-refractivity contribution is 9.10. The maximum Gasteiger partial charge on any atom is 0.161 e. The summed E-state index contributed by atoms with van der Waals surface area (Å²) in [6, 6.07) is 10.1. The summed E-state index contributed by atoms with van der Waals surface area (Å²) in [4.78, 5) is 9.11. The van der Waals surface area contributed by atoms with Gasteiger partial charge < -0.3 is 5.32 Å². The van der Waals surface area contributed by atoms with Gasteiger partial charge in [0.15, 0.2) is 5.82 Å². The van der Waals surface area contributed by atoms with Crippen LogP contribution in [-0.2, 0) is 6.42 Å². The molecule has 0 fully saturated rings. The van der Waals surface area contributed by atoms with Gasteiger partial charge in [0.25, 0.3) is 0 Å². The fourth-order valence-electron chi connectivity index (χ4n) is 1.71. The van der Waals surface area contributed by atoms with Gasteiger partial charge in [-0.15, -0.1) is 0 Å². The van der Waals surface area contributed by atoms with E-state index in [4.69, 9.17) is 0 Å². The Hall–Kier alpha value is -1.42. The minimum absolute atomic E-state index is 0.770. The van der Waals surface area contributed by atoms with E-state index < -0.39 is 0 Å². The average molecular weight is 306 g/mol. The van der Waals surface area contributed by atoms with Crippen LogP contribution in [0.1, 0.15) is 19.5 Å². The van der Waals surface area contributed by atoms with E-state index in [0.717, 1.165) is 40.3 Å². The van der Waals surface area contributed by atoms with Crippen LogP contribution in [0, 0.1) is 0 Å². The summed E-state index contributed by atoms with van der Waals surface area (Å²) in [6.45, 7) is 5.02. The molecule has 0 saturated heterocycles. The molecule has 0 spiro atoms. The van der Waals surface area contributed by atoms with Gasteiger partial charge in [-0.1, -0.05) is 35.0 Å². The Morgan fingerprint density at radius 2 is 2.00 bits per heavy atom. The number of aryl methyl sites for hydroxylation is 1. The lowest BCUT2D eigenvalue weighted by Gasteiger charge is -2.08. The van der Waals surface area contributed by atoms with E-state index in [1.54, 1.807) is 0 Å². The van der Waals surface area contributed by atoms with Crippen molar-refractivity contribution in [2.45, 2.75) is 20.3 Å². The van der Waals surface area contributed by atoms with Gasteiger partial charge in [-0.25, -0.2) is 9.97 Å². The molecule has 3 nitrogen and oxygen atoms in total. The number of nitrogens with zero attached hydrogens (tertiary/aromatic N) is 2. The molecule has 0 unspecified atom stereocenters. The number of nitrogens with one attached hydrogen (secondary N) is 1. The van der Waals surface area contributed by atoms with E-state index in [1.165, 1.54) is 0 Å². The Labute approximate surface area is 116 Å². The highest BCUT2D eigenvalue weighted by atomic mass is 79.9. The molecule has 2 rings (SSSR count). The first-order valence-corrected chi connectivity index (χ1v) is 6.90. The summed E-state index contributed by atoms with van der Waals surface area (Å²) in [6.07, 6.45) is 0.905. The van der Waals surface area contributed by atoms with Crippen molar-refractivity contribution >= 4 is 21.7 Å². The second-order valence-electron chi connectivity index (χ2n) is 3.96. The lowest BCUT2D eigenvalue weighted by Crippen LogP contribution is -2.03. The molecule has 1 N–H and O–H groups in total. The van der Waals surface area contributed by atoms with Crippen LogP contribution in [0.25, 0.3) is 11.4 Å². The predicted octanol–water partition coefficient (Wildman–Crippen LogP) is 3.90. The molecule has 0 aliphatic rings. The van der Waals surface area contributed by atoms with Crippen molar-refractivity contribution in [3.8, 4) is 11.4 Å². The van der Waals surface area contributed by atoms with Crippen LogP contribution in [0.15, 0.2) is 34.8 Å². The smallest absolute Gasteiger partial charge is 0.161 e. The molecule has 4 heteroatoms. The van der Waals surface area contributed by atoms with Crippen LogP contribution < -0.4 is 5.32 Å². The number of rotatable bonds is 4. The van der Waals surface area contributed by atoms with Gasteiger partial charge in [0, 0.05) is 28.3 Å². The van der Waals surface area contributed by atoms with Crippen molar-refractivity contribution < 1.29 is 0 Å². The van der Waals surface area contributed by atoms with Crippen LogP contribution in [0.4, 0.5) is 5.82 Å². The lowest BCUT2D eigenvalue weighted by atomic mass is 10.2. The number of hydrogen-bond donors (Lipinski definition) is 1. The minimum atomic E-state index is 0.770. The molecular formula is C14H16BrN3. The SMILES string of the molecule is CCNc1cc(CC)nc(-c2cccc(Br)c2)n1. The standard InChI is InChI=1S/C14H16BrN3/c1-3-12-9-13(16-4-2)18-14(17-12)10-6-5-7-11(15)8-10/h5-9H,3-4H2,1-2H3,(H,16,17,18). The zero-order valence-corrected chi connectivity index (χ0v) is 12.2. The first kappa shape index (κ1) is 13.0. The van der Waals surface area contributed by atoms with Gasteiger partial charge in [0.05, 0.1) is 0 Å². The monoisotopic (exact) mass is 305 g/mol. The number of hydrogen-bond acceptors (Lipinski definition) is 3. The summed E-state index contributed by atoms with van der Waals surface area (Å²) in [5, 5.41) is 3.24. The molecule has 0 aliphatic carbocycles. The molecule has 1 aromatic heterocycles. The van der Waals surface area contributed by atoms with Crippen LogP contribution >= 0.6 is 15.9 Å². The molecule has 0 aliphatic heterocycles. The van der Waals surface area contributed by atoms with Gasteiger partial charge in [0.2, 0.25) is 0 Å². The Balaban J connectivity index is 2.46. The third-order valence-corrected chi connectivity index (χ3v) is 3.08. The molecule has 0 bridgehead atoms. The highest BCUT2D eigenvalue weighted by Gasteiger charge is 2.06. The highest BCUT2D eigenvalue weighted by Crippen LogP contribution is 2.21. The molecule has 0 radical (unpaired) electrons. The van der Waals surface area contributed by atoms with Gasteiger partial charge >= 0.3 is 0 Å². The second kappa shape index (κ2) is 5.96. The van der Waals surface area contributed by atoms with Gasteiger partial charge in [-0.2, -0.15) is 0 Å². The van der Waals surface area contributed by atoms with Crippen LogP contribution in [0.5, 0.6) is 0 Å². The van der Waals surface area contributed by atoms with Crippen LogP contribution in [0.2, 0.25) is 0 Å². The van der Waals surface area contributed by atoms with E-state index in [2.05, 4.69) is 45.1 Å². The van der Waals surface area contributed by atoms with E-state index in [0.29, 0.717) is 0 Å². The van der Waals surface area contributed by atoms with Crippen molar-refractivity contribution in [1.29, 1.82) is 0 Å². The Kier molecular flexibility index (Phi) is 4.31. The minimum Gasteiger partial charge on any atom is -0.370 e. The largest absolute Gasteiger partial charge is 0.370 e. The molecule has 94 valence electrons. The van der Waals surface area contributed by atoms with Crippen molar-refractivity contribution in [2.75, 3.05) is 11.9 Å². The Morgan fingerprint density at radius 3 is 2.67 bits per heavy atom. The molecule has 0 amide bonds. The average Bonchev–Trinajstić information content (AvgIpc) is 2.39. The topological polar surface area (TPSA) is 37.8 Å². The van der Waals surface area contributed by atoms with E-state index in [9.17, 15) is 0 Å². The van der Waals surface area contributed by atoms with Crippen molar-refractivity contribution in [1.82, 2.24) is 9.97 Å². The second-order valence-corrected chi connectivity index (χ2v) is 4.88. The normalized spacial score (nSPS) is 10.4. The van der Waals surface area contributed by atoms with Gasteiger partial charge in [-0.3, -0.25) is 0 Å². The third-order valence-electron chi connectivity index (χ3n) is 2.58. The van der Waals surface area contributed by atoms with E-state index in [-0.39, 0.29) is 0 Å². The van der Waals surface area contributed by atoms with Gasteiger partial charge in [-0.05, 0) is 25.5 Å². The zero-order chi connectivity index (χ0) is 13.0. The summed E-state index contributed by atoms with van der Waals surface area (Å²) < 4.78 is 1.04. The van der Waals surface area contributed by atoms with E-state index in [1.807, 2.05) is 30.3 Å². The molecular weight excluding hydrogens is 290 g/mol. The van der Waals surface area contributed by atoms with Crippen LogP contribution in [0.3, 0.4) is 0 Å². The summed E-state index contributed by atoms with van der Waals surface area (Å²) in [7, 11) is 0. The zero-order valence-electron chi connectivity index (χ0n) is 10.6. The summed E-state index contributed by atoms with van der Waals surface area (Å²) >= 11 is 3.47. The first-order valence-electron chi connectivity index (χ1n) is 6.10. The molecule has 1 heterocycles. The third kappa shape index (κ3) is 3.07. The van der Waals surface area contributed by atoms with Crippen molar-refractivity contribution in [3.05, 3.63) is 40.5 Å². The van der Waals surface area contributed by atoms with Crippen LogP contribution in [-0.4, -0.2) is 16.5 Å². The maximum atomic E-state index is 4.57. The van der Waals surface area contributed by atoms with Gasteiger partial charge in [0.1, 0.15) is 5.82 Å². The fourth-order valence-corrected chi connectivity index (χ4v) is 2.11. The molecule has 18 heavy (non-hydrogen) atoms. The van der Waals surface area contributed by atoms with Crippen molar-refractivity contribution in [2.24, 2.45) is 0 Å². The van der Waals surface area contributed by atoms with Crippen molar-refractivity contribution in [3.63, 3.8) is 0 Å². The number of anilines is 1. The molecule has 1 aromatic carbocycles. The Bertz CT molecular complexity index is 540. The lowest BCUT2D eigenvalue weighted by molar-refractivity contribution is 0.998. The first-order chi connectivity index (χ1) is 8.72. The predicted molar refractivity (Wildman–Crippen MR) is 78.7 cm³/mol. The number of halogens is 1. The molecule has 2 aromatic rings. The van der Waals surface area contributed by atoms with E-state index >= 15 is 0 Å². The summed E-state index contributed by atoms with van der Waals surface area (Å²) in [5.41, 5.74) is 2.08. The quantitative estimate of drug-likeness (QED) is 0.931.